The Morgan fingerprint density at radius 3 is 2.85 bits per heavy atom. The number of hydrogen-bond acceptors (Lipinski definition) is 5. The first kappa shape index (κ1) is 13.4. The van der Waals surface area contributed by atoms with E-state index in [4.69, 9.17) is 5.11 Å². The minimum Gasteiger partial charge on any atom is -0.396 e. The number of carbonyl (C=O) groups is 1. The van der Waals surface area contributed by atoms with Crippen molar-refractivity contribution in [1.29, 1.82) is 0 Å². The van der Waals surface area contributed by atoms with E-state index >= 15 is 0 Å². The van der Waals surface area contributed by atoms with Crippen LogP contribution in [0.1, 0.15) is 22.1 Å². The van der Waals surface area contributed by atoms with Gasteiger partial charge in [-0.05, 0) is 23.6 Å². The second-order valence-corrected chi connectivity index (χ2v) is 5.68. The average molecular weight is 291 g/mol. The first-order valence-electron chi connectivity index (χ1n) is 6.14. The zero-order valence-corrected chi connectivity index (χ0v) is 11.3. The first-order chi connectivity index (χ1) is 9.63. The lowest BCUT2D eigenvalue weighted by Crippen LogP contribution is -2.35. The maximum absolute atomic E-state index is 11.9. The van der Waals surface area contributed by atoms with Crippen LogP contribution in [0.15, 0.2) is 35.2 Å². The molecule has 1 heterocycles. The quantitative estimate of drug-likeness (QED) is 0.593. The Balaban J connectivity index is 2.24. The first-order valence-corrected chi connectivity index (χ1v) is 7.13. The Kier molecular flexibility index (Phi) is 3.39. The molecule has 1 aliphatic heterocycles. The standard InChI is InChI=1S/C14H13NO4S/c16-4-5-20-9-6-8-2-1-3-10-12(8)11(7-9)14(18)15(19)13(10)17/h1-3,6-7,14,16,18-19H,4-5H2. The average Bonchev–Trinajstić information content (AvgIpc) is 2.48. The van der Waals surface area contributed by atoms with Crippen molar-refractivity contribution in [2.24, 2.45) is 0 Å². The van der Waals surface area contributed by atoms with Crippen LogP contribution in [0.25, 0.3) is 10.8 Å². The monoisotopic (exact) mass is 291 g/mol. The van der Waals surface area contributed by atoms with Gasteiger partial charge in [0.05, 0.1) is 12.2 Å². The smallest absolute Gasteiger partial charge is 0.280 e. The van der Waals surface area contributed by atoms with Gasteiger partial charge >= 0.3 is 0 Å². The molecule has 104 valence electrons. The summed E-state index contributed by atoms with van der Waals surface area (Å²) < 4.78 is 0. The van der Waals surface area contributed by atoms with Crippen LogP contribution in [0.3, 0.4) is 0 Å². The van der Waals surface area contributed by atoms with Gasteiger partial charge in [-0.25, -0.2) is 0 Å². The van der Waals surface area contributed by atoms with Gasteiger partial charge in [-0.15, -0.1) is 11.8 Å². The van der Waals surface area contributed by atoms with Crippen LogP contribution in [-0.2, 0) is 0 Å². The fraction of sp³-hybridized carbons (Fsp3) is 0.214. The van der Waals surface area contributed by atoms with E-state index < -0.39 is 12.1 Å². The molecule has 0 aliphatic carbocycles. The molecule has 2 aromatic carbocycles. The molecule has 0 spiro atoms. The molecule has 6 heteroatoms. The lowest BCUT2D eigenvalue weighted by molar-refractivity contribution is -0.161. The molecular formula is C14H13NO4S. The van der Waals surface area contributed by atoms with E-state index in [9.17, 15) is 15.1 Å². The van der Waals surface area contributed by atoms with E-state index in [0.717, 1.165) is 10.3 Å². The number of nitrogens with zero attached hydrogens (tertiary/aromatic N) is 1. The fourth-order valence-corrected chi connectivity index (χ4v) is 3.18. The van der Waals surface area contributed by atoms with Crippen LogP contribution in [0.5, 0.6) is 0 Å². The van der Waals surface area contributed by atoms with Gasteiger partial charge in [0.1, 0.15) is 0 Å². The molecule has 1 unspecified atom stereocenters. The van der Waals surface area contributed by atoms with Crippen LogP contribution >= 0.6 is 11.8 Å². The molecule has 0 aromatic heterocycles. The Labute approximate surface area is 119 Å². The number of amides is 1. The van der Waals surface area contributed by atoms with Gasteiger partial charge in [0.2, 0.25) is 0 Å². The second kappa shape index (κ2) is 5.06. The number of rotatable bonds is 3. The third kappa shape index (κ3) is 1.97. The van der Waals surface area contributed by atoms with Crippen LogP contribution in [-0.4, -0.2) is 38.8 Å². The number of carbonyl (C=O) groups excluding carboxylic acids is 1. The maximum atomic E-state index is 11.9. The number of aliphatic hydroxyl groups excluding tert-OH is 2. The molecule has 0 saturated carbocycles. The van der Waals surface area contributed by atoms with E-state index in [1.807, 2.05) is 12.1 Å². The third-order valence-electron chi connectivity index (χ3n) is 3.29. The summed E-state index contributed by atoms with van der Waals surface area (Å²) in [5, 5.41) is 30.5. The van der Waals surface area contributed by atoms with Gasteiger partial charge in [0, 0.05) is 21.6 Å². The van der Waals surface area contributed by atoms with Crippen molar-refractivity contribution in [1.82, 2.24) is 5.06 Å². The van der Waals surface area contributed by atoms with E-state index in [1.165, 1.54) is 11.8 Å². The lowest BCUT2D eigenvalue weighted by atomic mass is 9.94. The molecule has 0 bridgehead atoms. The van der Waals surface area contributed by atoms with Crippen LogP contribution in [0.2, 0.25) is 0 Å². The highest BCUT2D eigenvalue weighted by atomic mass is 32.2. The largest absolute Gasteiger partial charge is 0.396 e. The summed E-state index contributed by atoms with van der Waals surface area (Å²) >= 11 is 1.45. The zero-order valence-electron chi connectivity index (χ0n) is 10.5. The molecule has 1 aliphatic rings. The summed E-state index contributed by atoms with van der Waals surface area (Å²) in [7, 11) is 0. The lowest BCUT2D eigenvalue weighted by Gasteiger charge is -2.29. The molecule has 5 nitrogen and oxygen atoms in total. The van der Waals surface area contributed by atoms with Crippen molar-refractivity contribution in [2.75, 3.05) is 12.4 Å². The summed E-state index contributed by atoms with van der Waals surface area (Å²) in [4.78, 5) is 12.8. The molecule has 3 N–H and O–H groups in total. The molecule has 1 atom stereocenters. The van der Waals surface area contributed by atoms with Gasteiger partial charge in [-0.2, -0.15) is 5.06 Å². The van der Waals surface area contributed by atoms with E-state index in [1.54, 1.807) is 18.2 Å². The Morgan fingerprint density at radius 2 is 2.10 bits per heavy atom. The molecular weight excluding hydrogens is 278 g/mol. The van der Waals surface area contributed by atoms with Crippen molar-refractivity contribution >= 4 is 28.4 Å². The molecule has 3 rings (SSSR count). The van der Waals surface area contributed by atoms with Gasteiger partial charge in [-0.1, -0.05) is 12.1 Å². The second-order valence-electron chi connectivity index (χ2n) is 4.51. The van der Waals surface area contributed by atoms with Crippen LogP contribution in [0.4, 0.5) is 0 Å². The fourth-order valence-electron chi connectivity index (χ4n) is 2.43. The third-order valence-corrected chi connectivity index (χ3v) is 4.24. The van der Waals surface area contributed by atoms with Gasteiger partial charge in [0.15, 0.2) is 6.23 Å². The van der Waals surface area contributed by atoms with E-state index in [0.29, 0.717) is 27.3 Å². The number of thioether (sulfide) groups is 1. The Bertz CT molecular complexity index is 688. The van der Waals surface area contributed by atoms with Crippen molar-refractivity contribution in [3.05, 3.63) is 41.5 Å². The number of aliphatic hydroxyl groups is 2. The Morgan fingerprint density at radius 1 is 1.30 bits per heavy atom. The van der Waals surface area contributed by atoms with Gasteiger partial charge in [0.25, 0.3) is 5.91 Å². The van der Waals surface area contributed by atoms with Crippen molar-refractivity contribution in [3.63, 3.8) is 0 Å². The minimum absolute atomic E-state index is 0.0608. The van der Waals surface area contributed by atoms with Crippen LogP contribution in [0, 0.1) is 0 Å². The highest BCUT2D eigenvalue weighted by molar-refractivity contribution is 7.99. The van der Waals surface area contributed by atoms with Gasteiger partial charge < -0.3 is 10.2 Å². The summed E-state index contributed by atoms with van der Waals surface area (Å²) in [5.41, 5.74) is 0.879. The summed E-state index contributed by atoms with van der Waals surface area (Å²) in [5.74, 6) is -0.0611. The summed E-state index contributed by atoms with van der Waals surface area (Å²) in [6, 6.07) is 8.88. The van der Waals surface area contributed by atoms with Crippen LogP contribution < -0.4 is 0 Å². The maximum Gasteiger partial charge on any atom is 0.280 e. The van der Waals surface area contributed by atoms with Crippen molar-refractivity contribution in [3.8, 4) is 0 Å². The number of benzene rings is 2. The highest BCUT2D eigenvalue weighted by Crippen LogP contribution is 2.37. The molecule has 0 radical (unpaired) electrons. The number of hydrogen-bond donors (Lipinski definition) is 3. The molecule has 1 amide bonds. The molecule has 0 fully saturated rings. The normalized spacial score (nSPS) is 17.9. The van der Waals surface area contributed by atoms with Gasteiger partial charge in [-0.3, -0.25) is 10.0 Å². The predicted molar refractivity (Wildman–Crippen MR) is 74.7 cm³/mol. The van der Waals surface area contributed by atoms with Crippen molar-refractivity contribution in [2.45, 2.75) is 11.1 Å². The summed E-state index contributed by atoms with van der Waals surface area (Å²) in [6.07, 6.45) is -1.37. The van der Waals surface area contributed by atoms with E-state index in [2.05, 4.69) is 0 Å². The van der Waals surface area contributed by atoms with Crippen molar-refractivity contribution < 1.29 is 20.2 Å². The molecule has 2 aromatic rings. The zero-order chi connectivity index (χ0) is 14.3. The molecule has 0 saturated heterocycles. The predicted octanol–water partition coefficient (Wildman–Crippen LogP) is 1.76. The molecule has 20 heavy (non-hydrogen) atoms. The summed E-state index contributed by atoms with van der Waals surface area (Å²) in [6.45, 7) is 0.0608. The van der Waals surface area contributed by atoms with E-state index in [-0.39, 0.29) is 6.61 Å². The SMILES string of the molecule is O=C1c2cccc3cc(SCCO)cc(c23)C(O)N1O. The topological polar surface area (TPSA) is 81.0 Å². The minimum atomic E-state index is -1.37. The number of hydroxylamine groups is 2. The highest BCUT2D eigenvalue weighted by Gasteiger charge is 2.32. The Hall–Kier alpha value is -1.60.